The van der Waals surface area contributed by atoms with Crippen LogP contribution in [0.15, 0.2) is 35.3 Å². The van der Waals surface area contributed by atoms with Crippen LogP contribution in [0.5, 0.6) is 0 Å². The third kappa shape index (κ3) is 2.90. The highest BCUT2D eigenvalue weighted by atomic mass is 16.3. The van der Waals surface area contributed by atoms with Crippen LogP contribution in [0.2, 0.25) is 0 Å². The van der Waals surface area contributed by atoms with Crippen LogP contribution in [0, 0.1) is 6.92 Å². The first-order chi connectivity index (χ1) is 8.70. The number of furan rings is 1. The van der Waals surface area contributed by atoms with Gasteiger partial charge in [0.25, 0.3) is 0 Å². The third-order valence-corrected chi connectivity index (χ3v) is 2.88. The number of aromatic nitrogens is 1. The van der Waals surface area contributed by atoms with E-state index < -0.39 is 0 Å². The van der Waals surface area contributed by atoms with Crippen molar-refractivity contribution in [3.63, 3.8) is 0 Å². The molecule has 2 heterocycles. The number of nitrogens with zero attached hydrogens (tertiary/aromatic N) is 2. The molecule has 0 atom stereocenters. The van der Waals surface area contributed by atoms with Gasteiger partial charge in [0.1, 0.15) is 0 Å². The van der Waals surface area contributed by atoms with E-state index in [0.29, 0.717) is 0 Å². The summed E-state index contributed by atoms with van der Waals surface area (Å²) in [5.74, 6) is 0. The van der Waals surface area contributed by atoms with E-state index in [1.807, 2.05) is 26.2 Å². The molecule has 1 N–H and O–H groups in total. The monoisotopic (exact) mass is 245 g/mol. The lowest BCUT2D eigenvalue weighted by Gasteiger charge is -2.22. The van der Waals surface area contributed by atoms with Gasteiger partial charge in [-0.05, 0) is 26.1 Å². The quantitative estimate of drug-likeness (QED) is 0.878. The fraction of sp³-hybridized carbons (Fsp3) is 0.357. The Kier molecular flexibility index (Phi) is 3.99. The molecule has 0 aliphatic carbocycles. The van der Waals surface area contributed by atoms with Crippen molar-refractivity contribution in [1.82, 2.24) is 10.3 Å². The molecule has 0 bridgehead atoms. The molecule has 4 nitrogen and oxygen atoms in total. The zero-order valence-corrected chi connectivity index (χ0v) is 11.1. The lowest BCUT2D eigenvalue weighted by molar-refractivity contribution is 0.563. The molecule has 0 saturated heterocycles. The van der Waals surface area contributed by atoms with Crippen molar-refractivity contribution >= 4 is 5.69 Å². The fourth-order valence-corrected chi connectivity index (χ4v) is 2.00. The zero-order valence-electron chi connectivity index (χ0n) is 11.1. The van der Waals surface area contributed by atoms with Crippen LogP contribution in [0.25, 0.3) is 0 Å². The van der Waals surface area contributed by atoms with Gasteiger partial charge in [-0.2, -0.15) is 0 Å². The highest BCUT2D eigenvalue weighted by molar-refractivity contribution is 5.53. The zero-order chi connectivity index (χ0) is 13.0. The van der Waals surface area contributed by atoms with Crippen LogP contribution in [0.1, 0.15) is 16.8 Å². The molecule has 2 rings (SSSR count). The second-order valence-corrected chi connectivity index (χ2v) is 4.47. The lowest BCUT2D eigenvalue weighted by atomic mass is 10.1. The van der Waals surface area contributed by atoms with Gasteiger partial charge in [-0.15, -0.1) is 0 Å². The number of pyridine rings is 1. The summed E-state index contributed by atoms with van der Waals surface area (Å²) in [6.07, 6.45) is 5.42. The maximum atomic E-state index is 5.10. The van der Waals surface area contributed by atoms with E-state index in [-0.39, 0.29) is 0 Å². The Morgan fingerprint density at radius 2 is 2.28 bits per heavy atom. The summed E-state index contributed by atoms with van der Waals surface area (Å²) in [6.45, 7) is 3.66. The first kappa shape index (κ1) is 12.6. The van der Waals surface area contributed by atoms with Gasteiger partial charge in [-0.3, -0.25) is 4.98 Å². The molecule has 0 unspecified atom stereocenters. The maximum Gasteiger partial charge on any atom is 0.0952 e. The summed E-state index contributed by atoms with van der Waals surface area (Å²) in [6, 6.07) is 4.11. The van der Waals surface area contributed by atoms with E-state index in [1.165, 1.54) is 16.8 Å². The van der Waals surface area contributed by atoms with E-state index >= 15 is 0 Å². The van der Waals surface area contributed by atoms with Gasteiger partial charge < -0.3 is 14.6 Å². The Morgan fingerprint density at radius 3 is 2.94 bits per heavy atom. The Labute approximate surface area is 108 Å². The molecule has 0 saturated carbocycles. The van der Waals surface area contributed by atoms with Crippen molar-refractivity contribution in [2.24, 2.45) is 0 Å². The van der Waals surface area contributed by atoms with Crippen LogP contribution >= 0.6 is 0 Å². The average molecular weight is 245 g/mol. The Bertz CT molecular complexity index is 494. The molecular formula is C14H19N3O. The van der Waals surface area contributed by atoms with Crippen LogP contribution < -0.4 is 10.2 Å². The Morgan fingerprint density at radius 1 is 1.44 bits per heavy atom. The Balaban J connectivity index is 2.22. The molecule has 2 aromatic heterocycles. The predicted octanol–water partition coefficient (Wildman–Crippen LogP) is 2.34. The molecule has 0 spiro atoms. The van der Waals surface area contributed by atoms with E-state index in [4.69, 9.17) is 4.42 Å². The van der Waals surface area contributed by atoms with Crippen molar-refractivity contribution in [1.29, 1.82) is 0 Å². The number of rotatable bonds is 5. The second-order valence-electron chi connectivity index (χ2n) is 4.47. The van der Waals surface area contributed by atoms with Crippen LogP contribution in [0.4, 0.5) is 5.69 Å². The first-order valence-electron chi connectivity index (χ1n) is 6.03. The number of anilines is 1. The minimum Gasteiger partial charge on any atom is -0.472 e. The van der Waals surface area contributed by atoms with Crippen LogP contribution in [0.3, 0.4) is 0 Å². The van der Waals surface area contributed by atoms with Crippen molar-refractivity contribution in [3.8, 4) is 0 Å². The fourth-order valence-electron chi connectivity index (χ4n) is 2.00. The lowest BCUT2D eigenvalue weighted by Crippen LogP contribution is -2.20. The van der Waals surface area contributed by atoms with Gasteiger partial charge in [0.15, 0.2) is 0 Å². The molecule has 0 aliphatic heterocycles. The molecule has 4 heteroatoms. The predicted molar refractivity (Wildman–Crippen MR) is 72.6 cm³/mol. The van der Waals surface area contributed by atoms with Crippen molar-refractivity contribution in [2.45, 2.75) is 20.0 Å². The Hall–Kier alpha value is -1.81. The summed E-state index contributed by atoms with van der Waals surface area (Å²) in [5, 5.41) is 3.17. The number of hydrogen-bond donors (Lipinski definition) is 1. The largest absolute Gasteiger partial charge is 0.472 e. The van der Waals surface area contributed by atoms with Crippen molar-refractivity contribution in [2.75, 3.05) is 19.0 Å². The van der Waals surface area contributed by atoms with E-state index in [1.54, 1.807) is 12.5 Å². The van der Waals surface area contributed by atoms with E-state index in [2.05, 4.69) is 28.3 Å². The summed E-state index contributed by atoms with van der Waals surface area (Å²) >= 11 is 0. The second kappa shape index (κ2) is 5.69. The van der Waals surface area contributed by atoms with Crippen molar-refractivity contribution in [3.05, 3.63) is 47.7 Å². The van der Waals surface area contributed by atoms with Gasteiger partial charge in [-0.1, -0.05) is 0 Å². The van der Waals surface area contributed by atoms with Crippen molar-refractivity contribution < 1.29 is 4.42 Å². The highest BCUT2D eigenvalue weighted by Crippen LogP contribution is 2.21. The molecule has 0 fully saturated rings. The van der Waals surface area contributed by atoms with Gasteiger partial charge in [-0.25, -0.2) is 0 Å². The topological polar surface area (TPSA) is 41.3 Å². The molecule has 2 aromatic rings. The summed E-state index contributed by atoms with van der Waals surface area (Å²) in [7, 11) is 4.03. The molecule has 0 aliphatic rings. The summed E-state index contributed by atoms with van der Waals surface area (Å²) < 4.78 is 5.10. The number of nitrogens with one attached hydrogen (secondary N) is 1. The first-order valence-corrected chi connectivity index (χ1v) is 6.03. The summed E-state index contributed by atoms with van der Waals surface area (Å²) in [4.78, 5) is 6.57. The van der Waals surface area contributed by atoms with Crippen LogP contribution in [-0.2, 0) is 13.1 Å². The third-order valence-electron chi connectivity index (χ3n) is 2.88. The highest BCUT2D eigenvalue weighted by Gasteiger charge is 2.09. The van der Waals surface area contributed by atoms with E-state index in [9.17, 15) is 0 Å². The van der Waals surface area contributed by atoms with Gasteiger partial charge in [0, 0.05) is 48.8 Å². The maximum absolute atomic E-state index is 5.10. The van der Waals surface area contributed by atoms with Gasteiger partial charge in [0.05, 0.1) is 12.5 Å². The summed E-state index contributed by atoms with van der Waals surface area (Å²) in [5.41, 5.74) is 4.61. The van der Waals surface area contributed by atoms with E-state index in [0.717, 1.165) is 18.8 Å². The minimum absolute atomic E-state index is 0.818. The molecular weight excluding hydrogens is 226 g/mol. The average Bonchev–Trinajstić information content (AvgIpc) is 2.84. The standard InChI is InChI=1S/C14H19N3O/c1-11-6-14(13(7-15-2)8-16-11)17(3)9-12-4-5-18-10-12/h4-6,8,10,15H,7,9H2,1-3H3. The van der Waals surface area contributed by atoms with Crippen LogP contribution in [-0.4, -0.2) is 19.1 Å². The smallest absolute Gasteiger partial charge is 0.0952 e. The minimum atomic E-state index is 0.818. The number of aryl methyl sites for hydroxylation is 1. The molecule has 18 heavy (non-hydrogen) atoms. The molecule has 0 radical (unpaired) electrons. The molecule has 0 aromatic carbocycles. The van der Waals surface area contributed by atoms with Gasteiger partial charge in [0.2, 0.25) is 0 Å². The number of hydrogen-bond acceptors (Lipinski definition) is 4. The SMILES string of the molecule is CNCc1cnc(C)cc1N(C)Cc1ccoc1. The normalized spacial score (nSPS) is 10.6. The van der Waals surface area contributed by atoms with Gasteiger partial charge >= 0.3 is 0 Å². The molecule has 96 valence electrons. The molecule has 0 amide bonds.